The minimum atomic E-state index is -0.837. The van der Waals surface area contributed by atoms with E-state index in [4.69, 9.17) is 10.5 Å². The molecule has 0 heterocycles. The molecule has 0 saturated carbocycles. The van der Waals surface area contributed by atoms with Crippen molar-refractivity contribution in [1.29, 1.82) is 0 Å². The Morgan fingerprint density at radius 3 is 2.85 bits per heavy atom. The van der Waals surface area contributed by atoms with E-state index < -0.39 is 12.7 Å². The standard InChI is InChI=1S/C9H12FNO2/c1-13-8-4-2-3-7(12)9(8)6(11)5-10/h2-4,6,12H,5,11H2,1H3/t6-/m0/s1. The number of phenolic OH excluding ortho intramolecular Hbond substituents is 1. The van der Waals surface area contributed by atoms with Crippen LogP contribution >= 0.6 is 0 Å². The molecule has 0 radical (unpaired) electrons. The van der Waals surface area contributed by atoms with E-state index in [1.165, 1.54) is 13.2 Å². The Morgan fingerprint density at radius 2 is 2.31 bits per heavy atom. The smallest absolute Gasteiger partial charge is 0.127 e. The molecule has 3 nitrogen and oxygen atoms in total. The minimum absolute atomic E-state index is 0.0375. The van der Waals surface area contributed by atoms with Crippen LogP contribution < -0.4 is 10.5 Å². The number of nitrogens with two attached hydrogens (primary N) is 1. The van der Waals surface area contributed by atoms with Crippen molar-refractivity contribution in [3.05, 3.63) is 23.8 Å². The van der Waals surface area contributed by atoms with Crippen LogP contribution in [-0.2, 0) is 0 Å². The van der Waals surface area contributed by atoms with Gasteiger partial charge in [-0.3, -0.25) is 0 Å². The second-order valence-corrected chi connectivity index (χ2v) is 2.65. The topological polar surface area (TPSA) is 55.5 Å². The zero-order chi connectivity index (χ0) is 9.84. The lowest BCUT2D eigenvalue weighted by atomic mass is 10.1. The van der Waals surface area contributed by atoms with Gasteiger partial charge in [-0.1, -0.05) is 6.07 Å². The zero-order valence-electron chi connectivity index (χ0n) is 7.33. The summed E-state index contributed by atoms with van der Waals surface area (Å²) in [5, 5.41) is 9.40. The molecule has 1 aromatic rings. The molecule has 72 valence electrons. The van der Waals surface area contributed by atoms with Crippen LogP contribution in [0.3, 0.4) is 0 Å². The molecule has 0 amide bonds. The molecule has 0 aromatic heterocycles. The van der Waals surface area contributed by atoms with Gasteiger partial charge in [0.15, 0.2) is 0 Å². The van der Waals surface area contributed by atoms with Gasteiger partial charge < -0.3 is 15.6 Å². The number of benzene rings is 1. The number of hydrogen-bond donors (Lipinski definition) is 2. The van der Waals surface area contributed by atoms with E-state index in [0.29, 0.717) is 11.3 Å². The van der Waals surface area contributed by atoms with E-state index in [1.54, 1.807) is 12.1 Å². The Morgan fingerprint density at radius 1 is 1.62 bits per heavy atom. The van der Waals surface area contributed by atoms with Gasteiger partial charge in [0.05, 0.1) is 18.7 Å². The summed E-state index contributed by atoms with van der Waals surface area (Å²) in [5.41, 5.74) is 5.77. The molecule has 13 heavy (non-hydrogen) atoms. The fourth-order valence-electron chi connectivity index (χ4n) is 1.16. The van der Waals surface area contributed by atoms with E-state index in [-0.39, 0.29) is 5.75 Å². The van der Waals surface area contributed by atoms with Crippen molar-refractivity contribution in [2.45, 2.75) is 6.04 Å². The fourth-order valence-corrected chi connectivity index (χ4v) is 1.16. The molecular weight excluding hydrogens is 173 g/mol. The molecule has 0 aliphatic heterocycles. The lowest BCUT2D eigenvalue weighted by Crippen LogP contribution is -2.13. The van der Waals surface area contributed by atoms with Gasteiger partial charge in [-0.05, 0) is 12.1 Å². The fraction of sp³-hybridized carbons (Fsp3) is 0.333. The monoisotopic (exact) mass is 185 g/mol. The highest BCUT2D eigenvalue weighted by Crippen LogP contribution is 2.31. The van der Waals surface area contributed by atoms with Crippen LogP contribution in [0.15, 0.2) is 18.2 Å². The first kappa shape index (κ1) is 9.80. The van der Waals surface area contributed by atoms with E-state index in [1.807, 2.05) is 0 Å². The van der Waals surface area contributed by atoms with Crippen molar-refractivity contribution >= 4 is 0 Å². The number of rotatable bonds is 3. The highest BCUT2D eigenvalue weighted by Gasteiger charge is 2.15. The second-order valence-electron chi connectivity index (χ2n) is 2.65. The van der Waals surface area contributed by atoms with Crippen LogP contribution in [0.1, 0.15) is 11.6 Å². The second kappa shape index (κ2) is 4.09. The molecule has 1 atom stereocenters. The number of ether oxygens (including phenoxy) is 1. The Kier molecular flexibility index (Phi) is 3.08. The van der Waals surface area contributed by atoms with Crippen molar-refractivity contribution in [3.8, 4) is 11.5 Å². The Balaban J connectivity index is 3.14. The summed E-state index contributed by atoms with van der Waals surface area (Å²) in [6, 6.07) is 3.86. The van der Waals surface area contributed by atoms with Crippen molar-refractivity contribution in [2.75, 3.05) is 13.8 Å². The molecule has 0 spiro atoms. The average Bonchev–Trinajstić information content (AvgIpc) is 2.16. The predicted molar refractivity (Wildman–Crippen MR) is 47.6 cm³/mol. The van der Waals surface area contributed by atoms with Gasteiger partial charge >= 0.3 is 0 Å². The first-order chi connectivity index (χ1) is 6.20. The summed E-state index contributed by atoms with van der Waals surface area (Å²) < 4.78 is 17.2. The van der Waals surface area contributed by atoms with Gasteiger partial charge in [-0.25, -0.2) is 4.39 Å². The molecule has 0 bridgehead atoms. The third-order valence-corrected chi connectivity index (χ3v) is 1.80. The molecule has 0 saturated heterocycles. The molecule has 4 heteroatoms. The Labute approximate surface area is 75.9 Å². The Hall–Kier alpha value is -1.29. The van der Waals surface area contributed by atoms with Crippen LogP contribution in [0.25, 0.3) is 0 Å². The number of halogens is 1. The highest BCUT2D eigenvalue weighted by atomic mass is 19.1. The molecule has 1 aromatic carbocycles. The van der Waals surface area contributed by atoms with Crippen molar-refractivity contribution in [2.24, 2.45) is 5.73 Å². The molecule has 0 unspecified atom stereocenters. The first-order valence-corrected chi connectivity index (χ1v) is 3.88. The van der Waals surface area contributed by atoms with E-state index in [2.05, 4.69) is 0 Å². The van der Waals surface area contributed by atoms with Crippen LogP contribution in [-0.4, -0.2) is 18.9 Å². The maximum absolute atomic E-state index is 12.3. The summed E-state index contributed by atoms with van der Waals surface area (Å²) in [4.78, 5) is 0. The van der Waals surface area contributed by atoms with Crippen molar-refractivity contribution in [3.63, 3.8) is 0 Å². The number of hydrogen-bond acceptors (Lipinski definition) is 3. The van der Waals surface area contributed by atoms with Crippen LogP contribution in [0.4, 0.5) is 4.39 Å². The summed E-state index contributed by atoms with van der Waals surface area (Å²) >= 11 is 0. The third kappa shape index (κ3) is 1.89. The first-order valence-electron chi connectivity index (χ1n) is 3.88. The maximum Gasteiger partial charge on any atom is 0.127 e. The van der Waals surface area contributed by atoms with Gasteiger partial charge in [-0.15, -0.1) is 0 Å². The van der Waals surface area contributed by atoms with E-state index in [0.717, 1.165) is 0 Å². The van der Waals surface area contributed by atoms with Gasteiger partial charge in [-0.2, -0.15) is 0 Å². The highest BCUT2D eigenvalue weighted by molar-refractivity contribution is 5.45. The predicted octanol–water partition coefficient (Wildman–Crippen LogP) is 1.37. The van der Waals surface area contributed by atoms with Gasteiger partial charge in [0.1, 0.15) is 18.2 Å². The van der Waals surface area contributed by atoms with Crippen LogP contribution in [0, 0.1) is 0 Å². The van der Waals surface area contributed by atoms with Crippen molar-refractivity contribution in [1.82, 2.24) is 0 Å². The number of aromatic hydroxyl groups is 1. The van der Waals surface area contributed by atoms with Crippen LogP contribution in [0.5, 0.6) is 11.5 Å². The van der Waals surface area contributed by atoms with Gasteiger partial charge in [0.25, 0.3) is 0 Å². The quantitative estimate of drug-likeness (QED) is 0.747. The largest absolute Gasteiger partial charge is 0.507 e. The number of methoxy groups -OCH3 is 1. The molecule has 0 fully saturated rings. The van der Waals surface area contributed by atoms with E-state index in [9.17, 15) is 9.50 Å². The molecule has 1 rings (SSSR count). The van der Waals surface area contributed by atoms with E-state index >= 15 is 0 Å². The van der Waals surface area contributed by atoms with Crippen molar-refractivity contribution < 1.29 is 14.2 Å². The molecular formula is C9H12FNO2. The van der Waals surface area contributed by atoms with Crippen LogP contribution in [0.2, 0.25) is 0 Å². The molecule has 0 aliphatic rings. The summed E-state index contributed by atoms with van der Waals surface area (Å²) in [6.07, 6.45) is 0. The summed E-state index contributed by atoms with van der Waals surface area (Å²) in [6.45, 7) is -0.728. The summed E-state index contributed by atoms with van der Waals surface area (Å²) in [5.74, 6) is 0.370. The molecule has 3 N–H and O–H groups in total. The maximum atomic E-state index is 12.3. The minimum Gasteiger partial charge on any atom is -0.507 e. The number of phenols is 1. The lowest BCUT2D eigenvalue weighted by Gasteiger charge is -2.13. The Bertz CT molecular complexity index is 291. The number of alkyl halides is 1. The average molecular weight is 185 g/mol. The van der Waals surface area contributed by atoms with Gasteiger partial charge in [0.2, 0.25) is 0 Å². The lowest BCUT2D eigenvalue weighted by molar-refractivity contribution is 0.374. The SMILES string of the molecule is COc1cccc(O)c1[C@@H](N)CF. The normalized spacial score (nSPS) is 12.5. The summed E-state index contributed by atoms with van der Waals surface area (Å²) in [7, 11) is 1.45. The molecule has 0 aliphatic carbocycles. The third-order valence-electron chi connectivity index (χ3n) is 1.80. The zero-order valence-corrected chi connectivity index (χ0v) is 7.33. The van der Waals surface area contributed by atoms with Gasteiger partial charge in [0, 0.05) is 0 Å².